The lowest BCUT2D eigenvalue weighted by atomic mass is 9.99. The van der Waals surface area contributed by atoms with E-state index in [0.29, 0.717) is 12.8 Å². The van der Waals surface area contributed by atoms with Crippen LogP contribution in [0.1, 0.15) is 399 Å². The molecule has 0 radical (unpaired) electrons. The number of aliphatic hydroxyl groups is 4. The van der Waals surface area contributed by atoms with E-state index in [1.54, 1.807) is 0 Å². The molecule has 0 aromatic heterocycles. The minimum Gasteiger partial charge on any atom is -0.394 e. The highest BCUT2D eigenvalue weighted by Gasteiger charge is 2.48. The van der Waals surface area contributed by atoms with Gasteiger partial charge in [-0.2, -0.15) is 8.42 Å². The second-order valence-corrected chi connectivity index (χ2v) is 27.7. The second-order valence-electron chi connectivity index (χ2n) is 26.6. The summed E-state index contributed by atoms with van der Waals surface area (Å²) in [5, 5.41) is 45.4. The van der Waals surface area contributed by atoms with Crippen molar-refractivity contribution >= 4 is 16.3 Å². The molecule has 85 heavy (non-hydrogen) atoms. The van der Waals surface area contributed by atoms with Gasteiger partial charge in [0.25, 0.3) is 0 Å². The summed E-state index contributed by atoms with van der Waals surface area (Å²) in [7, 11) is -5.08. The first-order valence-corrected chi connectivity index (χ1v) is 38.8. The Kier molecular flexibility index (Phi) is 59.8. The Balaban J connectivity index is 2.18. The van der Waals surface area contributed by atoms with Crippen LogP contribution in [-0.2, 0) is 28.9 Å². The van der Waals surface area contributed by atoms with Crippen molar-refractivity contribution in [1.82, 2.24) is 5.32 Å². The summed E-state index contributed by atoms with van der Waals surface area (Å²) in [6.07, 6.45) is 68.7. The summed E-state index contributed by atoms with van der Waals surface area (Å²) in [5.74, 6) is -0.218. The van der Waals surface area contributed by atoms with Gasteiger partial charge in [-0.15, -0.1) is 0 Å². The van der Waals surface area contributed by atoms with E-state index in [1.165, 1.54) is 321 Å². The molecule has 6 N–H and O–H groups in total. The highest BCUT2D eigenvalue weighted by Crippen LogP contribution is 2.27. The first-order valence-electron chi connectivity index (χ1n) is 37.4. The van der Waals surface area contributed by atoms with Crippen LogP contribution in [0.5, 0.6) is 0 Å². The van der Waals surface area contributed by atoms with Crippen molar-refractivity contribution in [2.75, 3.05) is 13.2 Å². The lowest BCUT2D eigenvalue weighted by Gasteiger charge is -2.41. The van der Waals surface area contributed by atoms with Crippen LogP contribution in [0.3, 0.4) is 0 Å². The Bertz CT molecular complexity index is 1490. The molecule has 12 nitrogen and oxygen atoms in total. The van der Waals surface area contributed by atoms with Crippen molar-refractivity contribution in [2.24, 2.45) is 0 Å². The van der Waals surface area contributed by atoms with Gasteiger partial charge in [0.1, 0.15) is 24.4 Å². The average molecular weight is 1230 g/mol. The van der Waals surface area contributed by atoms with Crippen LogP contribution in [-0.4, -0.2) is 95.4 Å². The van der Waals surface area contributed by atoms with Gasteiger partial charge in [-0.25, -0.2) is 4.18 Å². The van der Waals surface area contributed by atoms with Gasteiger partial charge in [0.2, 0.25) is 5.91 Å². The van der Waals surface area contributed by atoms with Crippen LogP contribution in [0.15, 0.2) is 0 Å². The summed E-state index contributed by atoms with van der Waals surface area (Å²) in [5.41, 5.74) is 0. The Hall–Kier alpha value is -0.900. The zero-order valence-electron chi connectivity index (χ0n) is 56.0. The van der Waals surface area contributed by atoms with Crippen LogP contribution >= 0.6 is 0 Å². The Morgan fingerprint density at radius 3 is 0.941 bits per heavy atom. The molecule has 7 unspecified atom stereocenters. The lowest BCUT2D eigenvalue weighted by molar-refractivity contribution is -0.298. The van der Waals surface area contributed by atoms with Gasteiger partial charge in [-0.1, -0.05) is 380 Å². The zero-order valence-corrected chi connectivity index (χ0v) is 56.8. The predicted molar refractivity (Wildman–Crippen MR) is 356 cm³/mol. The van der Waals surface area contributed by atoms with Gasteiger partial charge in [0.05, 0.1) is 25.4 Å². The van der Waals surface area contributed by atoms with Gasteiger partial charge < -0.3 is 35.2 Å². The first kappa shape index (κ1) is 82.1. The molecule has 0 saturated carbocycles. The normalized spacial score (nSPS) is 18.1. The number of carbonyl (C=O) groups is 1. The fourth-order valence-corrected chi connectivity index (χ4v) is 13.2. The molecule has 1 amide bonds. The number of ether oxygens (including phenoxy) is 2. The molecule has 1 heterocycles. The summed E-state index contributed by atoms with van der Waals surface area (Å²) in [6.45, 7) is 3.54. The third kappa shape index (κ3) is 53.5. The van der Waals surface area contributed by atoms with Crippen LogP contribution < -0.4 is 5.32 Å². The van der Waals surface area contributed by atoms with Gasteiger partial charge in [-0.05, 0) is 12.8 Å². The Labute approximate surface area is 526 Å². The maximum Gasteiger partial charge on any atom is 0.397 e. The Morgan fingerprint density at radius 2 is 0.682 bits per heavy atom. The van der Waals surface area contributed by atoms with Crippen molar-refractivity contribution in [3.63, 3.8) is 0 Å². The van der Waals surface area contributed by atoms with Crippen LogP contribution in [0.4, 0.5) is 0 Å². The smallest absolute Gasteiger partial charge is 0.394 e. The Morgan fingerprint density at radius 1 is 0.424 bits per heavy atom. The van der Waals surface area contributed by atoms with Gasteiger partial charge in [-0.3, -0.25) is 9.35 Å². The molecule has 0 spiro atoms. The first-order chi connectivity index (χ1) is 41.5. The van der Waals surface area contributed by atoms with Crippen LogP contribution in [0, 0.1) is 0 Å². The summed E-state index contributed by atoms with van der Waals surface area (Å²) in [4.78, 5) is 13.2. The number of hydrogen-bond acceptors (Lipinski definition) is 10. The topological polar surface area (TPSA) is 192 Å². The molecule has 1 aliphatic rings. The van der Waals surface area contributed by atoms with Crippen molar-refractivity contribution in [3.8, 4) is 0 Å². The van der Waals surface area contributed by atoms with E-state index in [-0.39, 0.29) is 12.5 Å². The number of amides is 1. The number of nitrogens with one attached hydrogen (secondary N) is 1. The molecule has 1 rings (SSSR count). The second kappa shape index (κ2) is 61.9. The number of rotatable bonds is 68. The van der Waals surface area contributed by atoms with Crippen molar-refractivity contribution in [2.45, 2.75) is 442 Å². The minimum atomic E-state index is -5.08. The highest BCUT2D eigenvalue weighted by atomic mass is 32.3. The fraction of sp³-hybridized carbons (Fsp3) is 0.986. The lowest BCUT2D eigenvalue weighted by Crippen LogP contribution is -2.61. The van der Waals surface area contributed by atoms with Gasteiger partial charge >= 0.3 is 10.4 Å². The predicted octanol–water partition coefficient (Wildman–Crippen LogP) is 19.9. The molecular formula is C72H143NO11S. The van der Waals surface area contributed by atoms with Gasteiger partial charge in [0.15, 0.2) is 6.29 Å². The van der Waals surface area contributed by atoms with Crippen LogP contribution in [0.2, 0.25) is 0 Å². The largest absolute Gasteiger partial charge is 0.397 e. The van der Waals surface area contributed by atoms with E-state index in [4.69, 9.17) is 9.47 Å². The van der Waals surface area contributed by atoms with E-state index in [0.717, 1.165) is 51.4 Å². The number of aliphatic hydroxyl groups excluding tert-OH is 4. The number of unbranched alkanes of at least 4 members (excludes halogenated alkanes) is 56. The molecule has 13 heteroatoms. The number of carbonyl (C=O) groups excluding carboxylic acids is 1. The highest BCUT2D eigenvalue weighted by molar-refractivity contribution is 7.80. The molecule has 1 saturated heterocycles. The molecule has 1 fully saturated rings. The van der Waals surface area contributed by atoms with Crippen molar-refractivity contribution < 1.29 is 51.8 Å². The molecule has 0 aromatic carbocycles. The molecule has 7 atom stereocenters. The van der Waals surface area contributed by atoms with Gasteiger partial charge in [0, 0.05) is 6.42 Å². The van der Waals surface area contributed by atoms with E-state index in [9.17, 15) is 38.2 Å². The molecular weight excluding hydrogens is 1090 g/mol. The molecule has 0 aromatic rings. The van der Waals surface area contributed by atoms with Crippen LogP contribution in [0.25, 0.3) is 0 Å². The molecule has 0 aliphatic carbocycles. The maximum atomic E-state index is 13.2. The van der Waals surface area contributed by atoms with Crippen molar-refractivity contribution in [1.29, 1.82) is 0 Å². The standard InChI is InChI=1S/C72H143NO11S/c1-3-5-7-9-11-13-15-17-19-21-23-25-27-29-30-31-32-33-34-35-36-38-40-42-44-46-48-50-52-54-56-58-60-62-68(76)73-65(64-82-72-70(78)71(84-85(79,80)81)69(77)67(63-74)83-72)66(75)61-59-57-55-53-51-49-47-45-43-41-39-37-28-26-24-22-20-18-16-14-12-10-8-6-4-2/h65-67,69-72,74-75,77-78H,3-64H2,1-2H3,(H,73,76)(H,79,80,81). The third-order valence-corrected chi connectivity index (χ3v) is 18.9. The van der Waals surface area contributed by atoms with E-state index < -0.39 is 59.9 Å². The molecule has 1 aliphatic heterocycles. The molecule has 508 valence electrons. The van der Waals surface area contributed by atoms with E-state index in [2.05, 4.69) is 23.3 Å². The minimum absolute atomic E-state index is 0.218. The van der Waals surface area contributed by atoms with E-state index >= 15 is 0 Å². The van der Waals surface area contributed by atoms with E-state index in [1.807, 2.05) is 0 Å². The fourth-order valence-electron chi connectivity index (χ4n) is 12.7. The molecule has 0 bridgehead atoms. The average Bonchev–Trinajstić information content (AvgIpc) is 3.61. The quantitative estimate of drug-likeness (QED) is 0.0251. The number of hydrogen-bond donors (Lipinski definition) is 6. The zero-order chi connectivity index (χ0) is 61.8. The monoisotopic (exact) mass is 1230 g/mol. The van der Waals surface area contributed by atoms with Crippen molar-refractivity contribution in [3.05, 3.63) is 0 Å². The third-order valence-electron chi connectivity index (χ3n) is 18.4. The maximum absolute atomic E-state index is 13.2. The summed E-state index contributed by atoms with van der Waals surface area (Å²) < 4.78 is 48.2. The SMILES string of the molecule is CCCCCCCCCCCCCCCCCCCCCCCCCCCCCCCCCCCC(=O)NC(COC1OC(CO)C(O)C(OS(=O)(=O)O)C1O)C(O)CCCCCCCCCCCCCCCCCCCCCCCCCCC. The summed E-state index contributed by atoms with van der Waals surface area (Å²) >= 11 is 0. The summed E-state index contributed by atoms with van der Waals surface area (Å²) in [6, 6.07) is -0.855.